The summed E-state index contributed by atoms with van der Waals surface area (Å²) in [7, 11) is -1.87. The second kappa shape index (κ2) is 5.93. The number of hydrogen-bond donors (Lipinski definition) is 0. The molecule has 124 valence electrons. The minimum Gasteiger partial charge on any atom is -0.369 e. The molecule has 6 nitrogen and oxygen atoms in total. The molecule has 0 spiro atoms. The largest absolute Gasteiger partial charge is 0.369 e. The van der Waals surface area contributed by atoms with Crippen LogP contribution in [0.15, 0.2) is 41.8 Å². The molecule has 1 aromatic heterocycles. The molecule has 1 aromatic carbocycles. The zero-order valence-corrected chi connectivity index (χ0v) is 13.9. The molecule has 1 aliphatic rings. The Hall–Kier alpha value is -1.93. The molecule has 1 atom stereocenters. The Kier molecular flexibility index (Phi) is 4.11. The zero-order valence-electron chi connectivity index (χ0n) is 13.1. The van der Waals surface area contributed by atoms with E-state index >= 15 is 0 Å². The number of hydrogen-bond acceptors (Lipinski definition) is 4. The van der Waals surface area contributed by atoms with Crippen LogP contribution in [0.5, 0.6) is 0 Å². The maximum absolute atomic E-state index is 13.4. The van der Waals surface area contributed by atoms with Crippen LogP contribution in [0.25, 0.3) is 0 Å². The molecule has 23 heavy (non-hydrogen) atoms. The predicted molar refractivity (Wildman–Crippen MR) is 85.2 cm³/mol. The predicted octanol–water partition coefficient (Wildman–Crippen LogP) is 1.46. The summed E-state index contributed by atoms with van der Waals surface area (Å²) in [6.07, 6.45) is 2.97. The maximum Gasteiger partial charge on any atom is 0.262 e. The number of piperazine rings is 1. The van der Waals surface area contributed by atoms with Gasteiger partial charge in [0.25, 0.3) is 10.0 Å². The highest BCUT2D eigenvalue weighted by Gasteiger charge is 2.35. The SMILES string of the molecule is CC1CN(c2cccc(F)c2)CCN1S(=O)(=O)c1cn(C)cn1. The molecule has 0 N–H and O–H groups in total. The van der Waals surface area contributed by atoms with E-state index < -0.39 is 10.0 Å². The van der Waals surface area contributed by atoms with Gasteiger partial charge in [-0.25, -0.2) is 17.8 Å². The Balaban J connectivity index is 1.79. The van der Waals surface area contributed by atoms with E-state index in [-0.39, 0.29) is 16.9 Å². The average Bonchev–Trinajstić information content (AvgIpc) is 2.94. The second-order valence-electron chi connectivity index (χ2n) is 5.77. The van der Waals surface area contributed by atoms with Crippen molar-refractivity contribution >= 4 is 15.7 Å². The molecule has 0 bridgehead atoms. The molecule has 1 aliphatic heterocycles. The van der Waals surface area contributed by atoms with Crippen molar-refractivity contribution in [1.82, 2.24) is 13.9 Å². The van der Waals surface area contributed by atoms with Gasteiger partial charge >= 0.3 is 0 Å². The standard InChI is InChI=1S/C15H19FN4O2S/c1-12-9-19(14-5-3-4-13(16)8-14)6-7-20(12)23(21,22)15-10-18(2)11-17-15/h3-5,8,10-12H,6-7,9H2,1-2H3. The van der Waals surface area contributed by atoms with E-state index in [0.29, 0.717) is 19.6 Å². The van der Waals surface area contributed by atoms with Crippen LogP contribution >= 0.6 is 0 Å². The Morgan fingerprint density at radius 3 is 2.70 bits per heavy atom. The summed E-state index contributed by atoms with van der Waals surface area (Å²) < 4.78 is 41.8. The Bertz CT molecular complexity index is 805. The highest BCUT2D eigenvalue weighted by molar-refractivity contribution is 7.89. The first-order chi connectivity index (χ1) is 10.9. The number of halogens is 1. The third kappa shape index (κ3) is 3.09. The molecule has 1 saturated heterocycles. The van der Waals surface area contributed by atoms with Crippen LogP contribution < -0.4 is 4.90 Å². The maximum atomic E-state index is 13.4. The van der Waals surface area contributed by atoms with Gasteiger partial charge in [0.1, 0.15) is 5.82 Å². The van der Waals surface area contributed by atoms with Crippen molar-refractivity contribution in [3.63, 3.8) is 0 Å². The number of aryl methyl sites for hydroxylation is 1. The van der Waals surface area contributed by atoms with E-state index in [9.17, 15) is 12.8 Å². The van der Waals surface area contributed by atoms with Gasteiger partial charge in [-0.15, -0.1) is 0 Å². The van der Waals surface area contributed by atoms with Crippen molar-refractivity contribution in [2.45, 2.75) is 18.0 Å². The number of sulfonamides is 1. The van der Waals surface area contributed by atoms with Crippen molar-refractivity contribution in [3.05, 3.63) is 42.6 Å². The first-order valence-electron chi connectivity index (χ1n) is 7.38. The number of aromatic nitrogens is 2. The van der Waals surface area contributed by atoms with Gasteiger partial charge in [-0.05, 0) is 25.1 Å². The molecule has 2 aromatic rings. The van der Waals surface area contributed by atoms with Crippen LogP contribution in [0.2, 0.25) is 0 Å². The van der Waals surface area contributed by atoms with Gasteiger partial charge in [0.2, 0.25) is 0 Å². The van der Waals surface area contributed by atoms with E-state index in [1.54, 1.807) is 17.7 Å². The number of benzene rings is 1. The third-order valence-corrected chi connectivity index (χ3v) is 5.89. The van der Waals surface area contributed by atoms with Crippen molar-refractivity contribution in [3.8, 4) is 0 Å². The number of anilines is 1. The summed E-state index contributed by atoms with van der Waals surface area (Å²) in [6, 6.07) is 6.13. The number of nitrogens with zero attached hydrogens (tertiary/aromatic N) is 4. The van der Waals surface area contributed by atoms with Gasteiger partial charge in [-0.1, -0.05) is 6.07 Å². The summed E-state index contributed by atoms with van der Waals surface area (Å²) in [5.41, 5.74) is 0.770. The molecular formula is C15H19FN4O2S. The molecule has 0 saturated carbocycles. The summed E-state index contributed by atoms with van der Waals surface area (Å²) in [5, 5.41) is 0.0612. The Morgan fingerprint density at radius 1 is 1.30 bits per heavy atom. The second-order valence-corrected chi connectivity index (χ2v) is 7.61. The van der Waals surface area contributed by atoms with Crippen molar-refractivity contribution in [2.75, 3.05) is 24.5 Å². The van der Waals surface area contributed by atoms with Gasteiger partial charge < -0.3 is 9.47 Å². The van der Waals surface area contributed by atoms with Gasteiger partial charge in [-0.2, -0.15) is 4.31 Å². The van der Waals surface area contributed by atoms with Crippen LogP contribution in [0.4, 0.5) is 10.1 Å². The minimum absolute atomic E-state index is 0.0612. The highest BCUT2D eigenvalue weighted by atomic mass is 32.2. The fourth-order valence-corrected chi connectivity index (χ4v) is 4.43. The summed E-state index contributed by atoms with van der Waals surface area (Å²) in [4.78, 5) is 5.95. The lowest BCUT2D eigenvalue weighted by molar-refractivity contribution is 0.306. The van der Waals surface area contributed by atoms with E-state index in [1.165, 1.54) is 29.0 Å². The zero-order chi connectivity index (χ0) is 16.6. The van der Waals surface area contributed by atoms with E-state index in [0.717, 1.165) is 5.69 Å². The fraction of sp³-hybridized carbons (Fsp3) is 0.400. The lowest BCUT2D eigenvalue weighted by atomic mass is 10.2. The van der Waals surface area contributed by atoms with Crippen molar-refractivity contribution in [1.29, 1.82) is 0 Å². The van der Waals surface area contributed by atoms with Gasteiger partial charge in [0, 0.05) is 44.6 Å². The van der Waals surface area contributed by atoms with Crippen molar-refractivity contribution < 1.29 is 12.8 Å². The molecule has 8 heteroatoms. The molecule has 3 rings (SSSR count). The van der Waals surface area contributed by atoms with E-state index in [2.05, 4.69) is 4.98 Å². The molecular weight excluding hydrogens is 319 g/mol. The Labute approximate surface area is 135 Å². The van der Waals surface area contributed by atoms with Crippen LogP contribution in [-0.4, -0.2) is 48.0 Å². The van der Waals surface area contributed by atoms with Crippen LogP contribution in [-0.2, 0) is 17.1 Å². The van der Waals surface area contributed by atoms with Crippen LogP contribution in [0, 0.1) is 5.82 Å². The highest BCUT2D eigenvalue weighted by Crippen LogP contribution is 2.24. The third-order valence-electron chi connectivity index (χ3n) is 3.99. The average molecular weight is 338 g/mol. The first-order valence-corrected chi connectivity index (χ1v) is 8.82. The van der Waals surface area contributed by atoms with Gasteiger partial charge in [0.15, 0.2) is 5.03 Å². The summed E-state index contributed by atoms with van der Waals surface area (Å²) in [5.74, 6) is -0.293. The number of imidazole rings is 1. The quantitative estimate of drug-likeness (QED) is 0.850. The molecule has 0 radical (unpaired) electrons. The first kappa shape index (κ1) is 15.9. The molecule has 0 amide bonds. The normalized spacial score (nSPS) is 20.0. The van der Waals surface area contributed by atoms with Gasteiger partial charge in [0.05, 0.1) is 6.33 Å². The van der Waals surface area contributed by atoms with Crippen molar-refractivity contribution in [2.24, 2.45) is 7.05 Å². The van der Waals surface area contributed by atoms with Crippen LogP contribution in [0.1, 0.15) is 6.92 Å². The monoisotopic (exact) mass is 338 g/mol. The number of rotatable bonds is 3. The van der Waals surface area contributed by atoms with E-state index in [1.807, 2.05) is 17.9 Å². The lowest BCUT2D eigenvalue weighted by Crippen LogP contribution is -2.54. The molecule has 1 fully saturated rings. The fourth-order valence-electron chi connectivity index (χ4n) is 2.85. The van der Waals surface area contributed by atoms with Crippen LogP contribution in [0.3, 0.4) is 0 Å². The molecule has 0 aliphatic carbocycles. The summed E-state index contributed by atoms with van der Waals surface area (Å²) >= 11 is 0. The molecule has 1 unspecified atom stereocenters. The topological polar surface area (TPSA) is 58.4 Å². The summed E-state index contributed by atoms with van der Waals surface area (Å²) in [6.45, 7) is 3.22. The Morgan fingerprint density at radius 2 is 2.09 bits per heavy atom. The minimum atomic E-state index is -3.60. The molecule has 2 heterocycles. The lowest BCUT2D eigenvalue weighted by Gasteiger charge is -2.39. The smallest absolute Gasteiger partial charge is 0.262 e. The van der Waals surface area contributed by atoms with Gasteiger partial charge in [-0.3, -0.25) is 0 Å². The van der Waals surface area contributed by atoms with E-state index in [4.69, 9.17) is 0 Å².